The summed E-state index contributed by atoms with van der Waals surface area (Å²) in [4.78, 5) is 14.4. The Kier molecular flexibility index (Phi) is 3.33. The third-order valence-electron chi connectivity index (χ3n) is 3.95. The first-order valence-electron chi connectivity index (χ1n) is 7.01. The SMILES string of the molecule is NS(=O)(=O)c1cc(C(=O)N2CCCCC2)n(C2CC2)c1. The van der Waals surface area contributed by atoms with E-state index in [0.717, 1.165) is 45.2 Å². The molecule has 0 spiro atoms. The van der Waals surface area contributed by atoms with E-state index in [4.69, 9.17) is 5.14 Å². The lowest BCUT2D eigenvalue weighted by Gasteiger charge is -2.27. The Hall–Kier alpha value is -1.34. The molecule has 1 aliphatic heterocycles. The number of sulfonamides is 1. The molecule has 1 aromatic rings. The number of amides is 1. The predicted octanol–water partition coefficient (Wildman–Crippen LogP) is 1.10. The zero-order valence-electron chi connectivity index (χ0n) is 11.3. The predicted molar refractivity (Wildman–Crippen MR) is 73.8 cm³/mol. The molecule has 3 rings (SSSR count). The van der Waals surface area contributed by atoms with E-state index in [0.29, 0.717) is 5.69 Å². The lowest BCUT2D eigenvalue weighted by molar-refractivity contribution is 0.0713. The number of carbonyl (C=O) groups is 1. The molecule has 20 heavy (non-hydrogen) atoms. The third-order valence-corrected chi connectivity index (χ3v) is 4.83. The molecular formula is C13H19N3O3S. The van der Waals surface area contributed by atoms with Crippen LogP contribution in [-0.2, 0) is 10.0 Å². The molecule has 2 aliphatic rings. The zero-order valence-corrected chi connectivity index (χ0v) is 12.1. The summed E-state index contributed by atoms with van der Waals surface area (Å²) >= 11 is 0. The molecule has 110 valence electrons. The maximum atomic E-state index is 12.6. The molecule has 0 atom stereocenters. The van der Waals surface area contributed by atoms with Gasteiger partial charge in [-0.05, 0) is 38.2 Å². The van der Waals surface area contributed by atoms with Gasteiger partial charge in [-0.3, -0.25) is 4.79 Å². The highest BCUT2D eigenvalue weighted by Gasteiger charge is 2.31. The third kappa shape index (κ3) is 2.60. The standard InChI is InChI=1S/C13H19N3O3S/c14-20(18,19)11-8-12(16(9-11)10-4-5-10)13(17)15-6-2-1-3-7-15/h8-10H,1-7H2,(H2,14,18,19). The highest BCUT2D eigenvalue weighted by Crippen LogP contribution is 2.37. The van der Waals surface area contributed by atoms with Gasteiger partial charge >= 0.3 is 0 Å². The van der Waals surface area contributed by atoms with Gasteiger partial charge in [0.15, 0.2) is 0 Å². The molecular weight excluding hydrogens is 278 g/mol. The first kappa shape index (κ1) is 13.6. The first-order chi connectivity index (χ1) is 9.47. The number of nitrogens with zero attached hydrogens (tertiary/aromatic N) is 2. The van der Waals surface area contributed by atoms with Crippen molar-refractivity contribution < 1.29 is 13.2 Å². The van der Waals surface area contributed by atoms with Gasteiger partial charge in [0.05, 0.1) is 0 Å². The van der Waals surface area contributed by atoms with Crippen LogP contribution < -0.4 is 5.14 Å². The summed E-state index contributed by atoms with van der Waals surface area (Å²) in [6, 6.07) is 1.67. The van der Waals surface area contributed by atoms with E-state index in [1.165, 1.54) is 12.3 Å². The van der Waals surface area contributed by atoms with Crippen LogP contribution >= 0.6 is 0 Å². The largest absolute Gasteiger partial charge is 0.339 e. The van der Waals surface area contributed by atoms with Crippen LogP contribution in [0, 0.1) is 0 Å². The second kappa shape index (κ2) is 4.89. The Labute approximate surface area is 118 Å². The smallest absolute Gasteiger partial charge is 0.270 e. The van der Waals surface area contributed by atoms with Gasteiger partial charge < -0.3 is 9.47 Å². The number of nitrogens with two attached hydrogens (primary N) is 1. The van der Waals surface area contributed by atoms with Crippen LogP contribution in [0.3, 0.4) is 0 Å². The normalized spacial score (nSPS) is 20.1. The zero-order chi connectivity index (χ0) is 14.3. The first-order valence-corrected chi connectivity index (χ1v) is 8.55. The average molecular weight is 297 g/mol. The summed E-state index contributed by atoms with van der Waals surface area (Å²) < 4.78 is 24.7. The average Bonchev–Trinajstić information content (AvgIpc) is 3.16. The fourth-order valence-corrected chi connectivity index (χ4v) is 3.23. The number of aromatic nitrogens is 1. The van der Waals surface area contributed by atoms with Crippen LogP contribution in [0.25, 0.3) is 0 Å². The molecule has 2 N–H and O–H groups in total. The molecule has 2 fully saturated rings. The van der Waals surface area contributed by atoms with Crippen molar-refractivity contribution in [3.05, 3.63) is 18.0 Å². The fourth-order valence-electron chi connectivity index (χ4n) is 2.69. The van der Waals surface area contributed by atoms with Gasteiger partial charge in [-0.1, -0.05) is 0 Å². The molecule has 0 bridgehead atoms. The van der Waals surface area contributed by atoms with Crippen LogP contribution in [0.5, 0.6) is 0 Å². The van der Waals surface area contributed by atoms with Crippen LogP contribution in [0.2, 0.25) is 0 Å². The molecule has 0 unspecified atom stereocenters. The quantitative estimate of drug-likeness (QED) is 0.906. The van der Waals surface area contributed by atoms with Crippen LogP contribution in [0.1, 0.15) is 48.6 Å². The molecule has 1 amide bonds. The van der Waals surface area contributed by atoms with Gasteiger partial charge in [0.1, 0.15) is 10.6 Å². The van der Waals surface area contributed by atoms with Crippen molar-refractivity contribution in [2.75, 3.05) is 13.1 Å². The summed E-state index contributed by atoms with van der Waals surface area (Å²) in [5.41, 5.74) is 0.457. The molecule has 1 aromatic heterocycles. The number of carbonyl (C=O) groups excluding carboxylic acids is 1. The minimum atomic E-state index is -3.77. The minimum Gasteiger partial charge on any atom is -0.339 e. The highest BCUT2D eigenvalue weighted by molar-refractivity contribution is 7.89. The molecule has 1 saturated heterocycles. The van der Waals surface area contributed by atoms with Crippen molar-refractivity contribution in [1.82, 2.24) is 9.47 Å². The van der Waals surface area contributed by atoms with Gasteiger partial charge in [-0.2, -0.15) is 0 Å². The van der Waals surface area contributed by atoms with E-state index < -0.39 is 10.0 Å². The molecule has 6 nitrogen and oxygen atoms in total. The molecule has 0 aromatic carbocycles. The number of hydrogen-bond donors (Lipinski definition) is 1. The summed E-state index contributed by atoms with van der Waals surface area (Å²) in [6.45, 7) is 1.50. The van der Waals surface area contributed by atoms with E-state index in [-0.39, 0.29) is 16.8 Å². The van der Waals surface area contributed by atoms with E-state index in [2.05, 4.69) is 0 Å². The monoisotopic (exact) mass is 297 g/mol. The number of primary sulfonamides is 1. The number of rotatable bonds is 3. The van der Waals surface area contributed by atoms with E-state index >= 15 is 0 Å². The summed E-state index contributed by atoms with van der Waals surface area (Å²) in [7, 11) is -3.77. The molecule has 1 aliphatic carbocycles. The molecule has 2 heterocycles. The fraction of sp³-hybridized carbons (Fsp3) is 0.615. The van der Waals surface area contributed by atoms with E-state index in [9.17, 15) is 13.2 Å². The van der Waals surface area contributed by atoms with Crippen LogP contribution in [-0.4, -0.2) is 36.9 Å². The van der Waals surface area contributed by atoms with Crippen molar-refractivity contribution in [1.29, 1.82) is 0 Å². The topological polar surface area (TPSA) is 85.4 Å². The maximum absolute atomic E-state index is 12.6. The van der Waals surface area contributed by atoms with Crippen molar-refractivity contribution >= 4 is 15.9 Å². The minimum absolute atomic E-state index is 0.0322. The Morgan fingerprint density at radius 1 is 1.20 bits per heavy atom. The van der Waals surface area contributed by atoms with Crippen LogP contribution in [0.4, 0.5) is 0 Å². The lowest BCUT2D eigenvalue weighted by atomic mass is 10.1. The number of piperidine rings is 1. The van der Waals surface area contributed by atoms with Gasteiger partial charge in [0, 0.05) is 25.3 Å². The summed E-state index contributed by atoms with van der Waals surface area (Å²) in [5, 5.41) is 5.17. The Morgan fingerprint density at radius 2 is 1.85 bits per heavy atom. The van der Waals surface area contributed by atoms with E-state index in [1.54, 1.807) is 4.57 Å². The highest BCUT2D eigenvalue weighted by atomic mass is 32.2. The Balaban J connectivity index is 1.94. The van der Waals surface area contributed by atoms with Crippen molar-refractivity contribution in [3.63, 3.8) is 0 Å². The maximum Gasteiger partial charge on any atom is 0.270 e. The van der Waals surface area contributed by atoms with Crippen molar-refractivity contribution in [2.45, 2.75) is 43.0 Å². The summed E-state index contributed by atoms with van der Waals surface area (Å²) in [6.07, 6.45) is 6.65. The van der Waals surface area contributed by atoms with Gasteiger partial charge in [0.25, 0.3) is 5.91 Å². The van der Waals surface area contributed by atoms with E-state index in [1.807, 2.05) is 4.90 Å². The lowest BCUT2D eigenvalue weighted by Crippen LogP contribution is -2.36. The van der Waals surface area contributed by atoms with Gasteiger partial charge in [-0.25, -0.2) is 13.6 Å². The molecule has 7 heteroatoms. The van der Waals surface area contributed by atoms with Gasteiger partial charge in [0.2, 0.25) is 10.0 Å². The van der Waals surface area contributed by atoms with Crippen molar-refractivity contribution in [3.8, 4) is 0 Å². The molecule has 1 saturated carbocycles. The van der Waals surface area contributed by atoms with Gasteiger partial charge in [-0.15, -0.1) is 0 Å². The number of likely N-dealkylation sites (tertiary alicyclic amines) is 1. The Morgan fingerprint density at radius 3 is 2.40 bits per heavy atom. The Bertz CT molecular complexity index is 625. The molecule has 0 radical (unpaired) electrons. The second-order valence-electron chi connectivity index (χ2n) is 5.60. The summed E-state index contributed by atoms with van der Waals surface area (Å²) in [5.74, 6) is -0.0773. The van der Waals surface area contributed by atoms with Crippen LogP contribution in [0.15, 0.2) is 17.2 Å². The second-order valence-corrected chi connectivity index (χ2v) is 7.16. The number of hydrogen-bond acceptors (Lipinski definition) is 3. The van der Waals surface area contributed by atoms with Crippen molar-refractivity contribution in [2.24, 2.45) is 5.14 Å².